The zero-order chi connectivity index (χ0) is 21.3. The number of aliphatic hydroxyl groups excluding tert-OH is 2. The van der Waals surface area contributed by atoms with E-state index in [0.717, 1.165) is 5.56 Å². The topological polar surface area (TPSA) is 167 Å². The average Bonchev–Trinajstić information content (AvgIpc) is 3.27. The molecule has 2 aliphatic rings. The van der Waals surface area contributed by atoms with E-state index in [9.17, 15) is 14.8 Å². The number of anilines is 1. The summed E-state index contributed by atoms with van der Waals surface area (Å²) in [7, 11) is -4.73. The molecule has 1 fully saturated rings. The van der Waals surface area contributed by atoms with Gasteiger partial charge in [-0.1, -0.05) is 30.3 Å². The van der Waals surface area contributed by atoms with Gasteiger partial charge < -0.3 is 30.1 Å². The van der Waals surface area contributed by atoms with E-state index < -0.39 is 44.8 Å². The Morgan fingerprint density at radius 1 is 1.13 bits per heavy atom. The summed E-state index contributed by atoms with van der Waals surface area (Å²) >= 11 is 0. The maximum Gasteiger partial charge on any atom is 0.469 e. The molecular formula is C18H21N4O7P. The number of ether oxygens (including phenoxy) is 1. The monoisotopic (exact) mass is 436 g/mol. The Morgan fingerprint density at radius 2 is 1.90 bits per heavy atom. The zero-order valence-electron chi connectivity index (χ0n) is 15.6. The van der Waals surface area contributed by atoms with E-state index >= 15 is 0 Å². The van der Waals surface area contributed by atoms with Crippen molar-refractivity contribution in [2.45, 2.75) is 36.9 Å². The number of fused-ring (bicyclic) bond motifs is 1. The number of benzene rings is 1. The predicted molar refractivity (Wildman–Crippen MR) is 105 cm³/mol. The molecule has 0 radical (unpaired) electrons. The second kappa shape index (κ2) is 8.48. The normalized spacial score (nSPS) is 27.9. The number of rotatable bonds is 7. The third-order valence-corrected chi connectivity index (χ3v) is 5.48. The van der Waals surface area contributed by atoms with Gasteiger partial charge in [0.1, 0.15) is 36.4 Å². The lowest BCUT2D eigenvalue weighted by atomic mass is 9.94. The molecule has 12 heteroatoms. The van der Waals surface area contributed by atoms with Gasteiger partial charge in [-0.15, -0.1) is 0 Å². The van der Waals surface area contributed by atoms with Crippen LogP contribution in [0.5, 0.6) is 0 Å². The van der Waals surface area contributed by atoms with Crippen molar-refractivity contribution >= 4 is 25.5 Å². The van der Waals surface area contributed by atoms with Crippen LogP contribution in [0.2, 0.25) is 0 Å². The molecule has 2 aliphatic heterocycles. The van der Waals surface area contributed by atoms with Crippen molar-refractivity contribution in [3.05, 3.63) is 47.9 Å². The van der Waals surface area contributed by atoms with E-state index in [1.165, 1.54) is 6.33 Å². The second-order valence-electron chi connectivity index (χ2n) is 7.01. The van der Waals surface area contributed by atoms with Crippen molar-refractivity contribution < 1.29 is 33.8 Å². The van der Waals surface area contributed by atoms with Crippen molar-refractivity contribution in [1.82, 2.24) is 9.97 Å². The van der Waals surface area contributed by atoms with E-state index in [2.05, 4.69) is 24.8 Å². The van der Waals surface area contributed by atoms with Gasteiger partial charge in [0.25, 0.3) is 0 Å². The molecule has 30 heavy (non-hydrogen) atoms. The summed E-state index contributed by atoms with van der Waals surface area (Å²) in [6.45, 7) is -0.0308. The highest BCUT2D eigenvalue weighted by atomic mass is 31.2. The summed E-state index contributed by atoms with van der Waals surface area (Å²) in [6, 6.07) is 9.76. The van der Waals surface area contributed by atoms with Crippen molar-refractivity contribution in [3.8, 4) is 0 Å². The molecule has 0 bridgehead atoms. The minimum Gasteiger partial charge on any atom is -0.388 e. The Labute approximate surface area is 171 Å². The fourth-order valence-electron chi connectivity index (χ4n) is 3.52. The minimum absolute atomic E-state index is 0.513. The Morgan fingerprint density at radius 3 is 2.63 bits per heavy atom. The first-order valence-electron chi connectivity index (χ1n) is 9.22. The molecule has 4 rings (SSSR count). The van der Waals surface area contributed by atoms with Crippen LogP contribution in [0, 0.1) is 0 Å². The van der Waals surface area contributed by atoms with Gasteiger partial charge in [-0.2, -0.15) is 0 Å². The van der Waals surface area contributed by atoms with E-state index in [1.807, 2.05) is 30.3 Å². The standard InChI is InChI=1S/C18H21N4O7P/c23-15-12(8-28-30(25,26)27)29-17(16(15)24)11-7-19-14-13(11)21-9-22-18(14)20-6-10-4-2-1-3-5-10/h1-5,7,9,11-12,15-17,23-24H,6,8H2,(H,20,21,22)(H2,25,26,27). The molecular weight excluding hydrogens is 415 g/mol. The lowest BCUT2D eigenvalue weighted by Gasteiger charge is -2.20. The van der Waals surface area contributed by atoms with Crippen LogP contribution in [-0.4, -0.2) is 67.2 Å². The molecule has 1 aromatic heterocycles. The number of nitrogens with zero attached hydrogens (tertiary/aromatic N) is 3. The molecule has 3 heterocycles. The number of hydrogen-bond acceptors (Lipinski definition) is 9. The van der Waals surface area contributed by atoms with Gasteiger partial charge in [0.15, 0.2) is 5.82 Å². The molecule has 0 aliphatic carbocycles. The van der Waals surface area contributed by atoms with Crippen LogP contribution in [0.15, 0.2) is 41.7 Å². The van der Waals surface area contributed by atoms with E-state index in [4.69, 9.17) is 14.5 Å². The highest BCUT2D eigenvalue weighted by Gasteiger charge is 2.48. The smallest absolute Gasteiger partial charge is 0.388 e. The minimum atomic E-state index is -4.73. The molecule has 0 saturated carbocycles. The Bertz CT molecular complexity index is 970. The largest absolute Gasteiger partial charge is 0.469 e. The van der Waals surface area contributed by atoms with Crippen LogP contribution in [0.1, 0.15) is 17.2 Å². The quantitative estimate of drug-likeness (QED) is 0.385. The van der Waals surface area contributed by atoms with Crippen LogP contribution in [0.3, 0.4) is 0 Å². The first-order chi connectivity index (χ1) is 14.3. The zero-order valence-corrected chi connectivity index (χ0v) is 16.5. The highest BCUT2D eigenvalue weighted by Crippen LogP contribution is 2.42. The van der Waals surface area contributed by atoms with Gasteiger partial charge in [0.05, 0.1) is 18.2 Å². The fraction of sp³-hybridized carbons (Fsp3) is 0.389. The SMILES string of the molecule is O=P(O)(O)OCC1OC(C2C=Nc3c(NCc4ccccc4)ncnc32)C(O)C1O. The van der Waals surface area contributed by atoms with Gasteiger partial charge in [-0.05, 0) is 5.56 Å². The maximum atomic E-state index is 10.9. The van der Waals surface area contributed by atoms with E-state index in [0.29, 0.717) is 23.7 Å². The Balaban J connectivity index is 1.48. The molecule has 1 saturated heterocycles. The van der Waals surface area contributed by atoms with Gasteiger partial charge in [-0.3, -0.25) is 9.52 Å². The first kappa shape index (κ1) is 21.0. The number of phosphoric acid groups is 1. The summed E-state index contributed by atoms with van der Waals surface area (Å²) in [5, 5.41) is 23.8. The molecule has 5 atom stereocenters. The van der Waals surface area contributed by atoms with Crippen LogP contribution in [0.25, 0.3) is 0 Å². The van der Waals surface area contributed by atoms with Crippen molar-refractivity contribution in [1.29, 1.82) is 0 Å². The number of nitrogens with one attached hydrogen (secondary N) is 1. The molecule has 5 N–H and O–H groups in total. The lowest BCUT2D eigenvalue weighted by molar-refractivity contribution is -0.0233. The van der Waals surface area contributed by atoms with E-state index in [1.54, 1.807) is 6.21 Å². The first-order valence-corrected chi connectivity index (χ1v) is 10.7. The van der Waals surface area contributed by atoms with Crippen molar-refractivity contribution in [2.24, 2.45) is 4.99 Å². The third kappa shape index (κ3) is 4.42. The molecule has 11 nitrogen and oxygen atoms in total. The summed E-state index contributed by atoms with van der Waals surface area (Å²) in [6.07, 6.45) is -1.77. The van der Waals surface area contributed by atoms with Gasteiger partial charge >= 0.3 is 7.82 Å². The maximum absolute atomic E-state index is 10.9. The lowest BCUT2D eigenvalue weighted by Crippen LogP contribution is -2.36. The van der Waals surface area contributed by atoms with Crippen LogP contribution in [-0.2, 0) is 20.4 Å². The van der Waals surface area contributed by atoms with Gasteiger partial charge in [0.2, 0.25) is 0 Å². The molecule has 5 unspecified atom stereocenters. The summed E-state index contributed by atoms with van der Waals surface area (Å²) < 4.78 is 21.0. The average molecular weight is 436 g/mol. The fourth-order valence-corrected chi connectivity index (χ4v) is 3.86. The number of hydrogen-bond donors (Lipinski definition) is 5. The van der Waals surface area contributed by atoms with Crippen LogP contribution in [0.4, 0.5) is 11.5 Å². The number of aliphatic hydroxyl groups is 2. The molecule has 1 aromatic carbocycles. The highest BCUT2D eigenvalue weighted by molar-refractivity contribution is 7.46. The summed E-state index contributed by atoms with van der Waals surface area (Å²) in [4.78, 5) is 30.6. The number of phosphoric ester groups is 1. The molecule has 160 valence electrons. The number of aromatic nitrogens is 2. The molecule has 0 spiro atoms. The van der Waals surface area contributed by atoms with Gasteiger partial charge in [0, 0.05) is 12.8 Å². The van der Waals surface area contributed by atoms with Crippen LogP contribution >= 0.6 is 7.82 Å². The van der Waals surface area contributed by atoms with Crippen molar-refractivity contribution in [2.75, 3.05) is 11.9 Å². The molecule has 2 aromatic rings. The summed E-state index contributed by atoms with van der Waals surface area (Å²) in [5.74, 6) is -0.0398. The Hall–Kier alpha value is -2.24. The predicted octanol–water partition coefficient (Wildman–Crippen LogP) is 0.487. The third-order valence-electron chi connectivity index (χ3n) is 4.99. The summed E-state index contributed by atoms with van der Waals surface area (Å²) in [5.41, 5.74) is 2.10. The van der Waals surface area contributed by atoms with Crippen molar-refractivity contribution in [3.63, 3.8) is 0 Å². The van der Waals surface area contributed by atoms with E-state index in [-0.39, 0.29) is 0 Å². The van der Waals surface area contributed by atoms with Gasteiger partial charge in [-0.25, -0.2) is 14.5 Å². The molecule has 0 amide bonds. The number of aliphatic imine (C=N–C) groups is 1. The second-order valence-corrected chi connectivity index (χ2v) is 8.25. The Kier molecular flexibility index (Phi) is 5.94. The van der Waals surface area contributed by atoms with Crippen LogP contribution < -0.4 is 5.32 Å².